The Balaban J connectivity index is 2.06. The van der Waals surface area contributed by atoms with Crippen molar-refractivity contribution in [1.29, 1.82) is 0 Å². The molecule has 1 heterocycles. The van der Waals surface area contributed by atoms with Crippen LogP contribution in [0.3, 0.4) is 0 Å². The maximum atomic E-state index is 12.2. The minimum Gasteiger partial charge on any atom is -0.294 e. The molecule has 0 aliphatic heterocycles. The highest BCUT2D eigenvalue weighted by molar-refractivity contribution is 9.10. The number of halogens is 1. The third kappa shape index (κ3) is 3.57. The zero-order valence-corrected chi connectivity index (χ0v) is 13.4. The molecule has 1 aromatic carbocycles. The Hall–Kier alpha value is -1.42. The van der Waals surface area contributed by atoms with Crippen LogP contribution in [0.15, 0.2) is 41.0 Å². The van der Waals surface area contributed by atoms with E-state index in [1.54, 1.807) is 0 Å². The summed E-state index contributed by atoms with van der Waals surface area (Å²) in [4.78, 5) is 12.2. The second-order valence-electron chi connectivity index (χ2n) is 4.86. The molecule has 2 aromatic rings. The van der Waals surface area contributed by atoms with Gasteiger partial charge < -0.3 is 0 Å². The second kappa shape index (κ2) is 6.84. The lowest BCUT2D eigenvalue weighted by atomic mass is 10.1. The fourth-order valence-corrected chi connectivity index (χ4v) is 2.50. The van der Waals surface area contributed by atoms with E-state index in [0.717, 1.165) is 28.6 Å². The van der Waals surface area contributed by atoms with E-state index in [0.29, 0.717) is 12.5 Å². The number of aromatic nitrogens is 2. The average Bonchev–Trinajstić information content (AvgIpc) is 2.89. The number of carbonyl (C=O) groups excluding carboxylic acids is 1. The summed E-state index contributed by atoms with van der Waals surface area (Å²) in [6.45, 7) is 4.31. The van der Waals surface area contributed by atoms with Crippen LogP contribution in [0.1, 0.15) is 48.8 Å². The number of Topliss-reactive ketones (excluding diaryl/α,β-unsaturated/α-hetero) is 1. The number of ketones is 1. The summed E-state index contributed by atoms with van der Waals surface area (Å²) in [6, 6.07) is 9.81. The second-order valence-corrected chi connectivity index (χ2v) is 5.78. The van der Waals surface area contributed by atoms with Gasteiger partial charge in [-0.25, -0.2) is 0 Å². The molecule has 1 aromatic heterocycles. The smallest absolute Gasteiger partial charge is 0.168 e. The third-order valence-electron chi connectivity index (χ3n) is 3.49. The lowest BCUT2D eigenvalue weighted by Crippen LogP contribution is -2.09. The number of nitrogens with zero attached hydrogens (tertiary/aromatic N) is 2. The first-order valence-electron chi connectivity index (χ1n) is 6.96. The molecule has 106 valence electrons. The summed E-state index contributed by atoms with van der Waals surface area (Å²) in [5, 5.41) is 4.52. The molecule has 0 aliphatic rings. The Morgan fingerprint density at radius 2 is 1.85 bits per heavy atom. The zero-order chi connectivity index (χ0) is 14.5. The van der Waals surface area contributed by atoms with E-state index in [-0.39, 0.29) is 5.78 Å². The van der Waals surface area contributed by atoms with Gasteiger partial charge in [-0.05, 0) is 31.0 Å². The lowest BCUT2D eigenvalue weighted by Gasteiger charge is -2.12. The molecule has 3 nitrogen and oxygen atoms in total. The van der Waals surface area contributed by atoms with Crippen molar-refractivity contribution >= 4 is 21.7 Å². The summed E-state index contributed by atoms with van der Waals surface area (Å²) in [5.41, 5.74) is 1.56. The summed E-state index contributed by atoms with van der Waals surface area (Å²) >= 11 is 3.37. The van der Waals surface area contributed by atoms with E-state index in [4.69, 9.17) is 0 Å². The van der Waals surface area contributed by atoms with Gasteiger partial charge in [-0.3, -0.25) is 9.48 Å². The van der Waals surface area contributed by atoms with Gasteiger partial charge >= 0.3 is 0 Å². The first-order chi connectivity index (χ1) is 9.63. The average molecular weight is 335 g/mol. The zero-order valence-electron chi connectivity index (χ0n) is 11.8. The van der Waals surface area contributed by atoms with E-state index in [1.807, 2.05) is 41.2 Å². The van der Waals surface area contributed by atoms with Crippen molar-refractivity contribution < 1.29 is 4.79 Å². The molecule has 20 heavy (non-hydrogen) atoms. The van der Waals surface area contributed by atoms with E-state index in [2.05, 4.69) is 34.9 Å². The molecular weight excluding hydrogens is 316 g/mol. The van der Waals surface area contributed by atoms with Crippen LogP contribution < -0.4 is 0 Å². The first kappa shape index (κ1) is 15.0. The molecule has 0 spiro atoms. The molecule has 0 N–H and O–H groups in total. The Labute approximate surface area is 128 Å². The normalized spacial score (nSPS) is 11.0. The Morgan fingerprint density at radius 1 is 1.20 bits per heavy atom. The van der Waals surface area contributed by atoms with Crippen molar-refractivity contribution in [2.24, 2.45) is 0 Å². The topological polar surface area (TPSA) is 34.9 Å². The molecule has 0 bridgehead atoms. The molecule has 0 saturated heterocycles. The minimum absolute atomic E-state index is 0.104. The SMILES string of the molecule is CCC(CC)n1ccc(CC(=O)c2ccc(Br)cc2)n1. The van der Waals surface area contributed by atoms with Crippen LogP contribution in [-0.4, -0.2) is 15.6 Å². The number of hydrogen-bond acceptors (Lipinski definition) is 2. The van der Waals surface area contributed by atoms with Gasteiger partial charge in [-0.2, -0.15) is 5.10 Å². The maximum Gasteiger partial charge on any atom is 0.168 e. The summed E-state index contributed by atoms with van der Waals surface area (Å²) in [5.74, 6) is 0.104. The van der Waals surface area contributed by atoms with Crippen LogP contribution in [-0.2, 0) is 6.42 Å². The molecule has 0 unspecified atom stereocenters. The summed E-state index contributed by atoms with van der Waals surface area (Å²) in [7, 11) is 0. The van der Waals surface area contributed by atoms with Gasteiger partial charge in [0.1, 0.15) is 0 Å². The van der Waals surface area contributed by atoms with Crippen LogP contribution in [0, 0.1) is 0 Å². The van der Waals surface area contributed by atoms with Crippen molar-refractivity contribution in [1.82, 2.24) is 9.78 Å². The van der Waals surface area contributed by atoms with Crippen LogP contribution in [0.2, 0.25) is 0 Å². The van der Waals surface area contributed by atoms with E-state index >= 15 is 0 Å². The highest BCUT2D eigenvalue weighted by atomic mass is 79.9. The molecule has 0 saturated carbocycles. The van der Waals surface area contributed by atoms with Crippen LogP contribution in [0.4, 0.5) is 0 Å². The largest absolute Gasteiger partial charge is 0.294 e. The Bertz CT molecular complexity index is 570. The monoisotopic (exact) mass is 334 g/mol. The van der Waals surface area contributed by atoms with Crippen molar-refractivity contribution in [2.75, 3.05) is 0 Å². The third-order valence-corrected chi connectivity index (χ3v) is 4.02. The standard InChI is InChI=1S/C16H19BrN2O/c1-3-15(4-2)19-10-9-14(18-19)11-16(20)12-5-7-13(17)8-6-12/h5-10,15H,3-4,11H2,1-2H3. The molecular formula is C16H19BrN2O. The van der Waals surface area contributed by atoms with E-state index in [9.17, 15) is 4.79 Å². The fourth-order valence-electron chi connectivity index (χ4n) is 2.24. The van der Waals surface area contributed by atoms with Gasteiger partial charge in [0.2, 0.25) is 0 Å². The van der Waals surface area contributed by atoms with Crippen LogP contribution in [0.25, 0.3) is 0 Å². The lowest BCUT2D eigenvalue weighted by molar-refractivity contribution is 0.0991. The van der Waals surface area contributed by atoms with Crippen molar-refractivity contribution in [3.8, 4) is 0 Å². The summed E-state index contributed by atoms with van der Waals surface area (Å²) < 4.78 is 2.96. The molecule has 0 fully saturated rings. The number of hydrogen-bond donors (Lipinski definition) is 0. The van der Waals surface area contributed by atoms with Gasteiger partial charge in [-0.15, -0.1) is 0 Å². The van der Waals surface area contributed by atoms with Crippen molar-refractivity contribution in [2.45, 2.75) is 39.2 Å². The highest BCUT2D eigenvalue weighted by Crippen LogP contribution is 2.16. The molecule has 0 radical (unpaired) electrons. The molecule has 2 rings (SSSR count). The molecule has 0 aliphatic carbocycles. The van der Waals surface area contributed by atoms with Gasteiger partial charge in [-0.1, -0.05) is 41.9 Å². The Morgan fingerprint density at radius 3 is 2.45 bits per heavy atom. The fraction of sp³-hybridized carbons (Fsp3) is 0.375. The molecule has 4 heteroatoms. The van der Waals surface area contributed by atoms with Gasteiger partial charge in [0.05, 0.1) is 18.2 Å². The van der Waals surface area contributed by atoms with Gasteiger partial charge in [0, 0.05) is 16.2 Å². The number of carbonyl (C=O) groups is 1. The summed E-state index contributed by atoms with van der Waals surface area (Å²) in [6.07, 6.45) is 4.44. The predicted molar refractivity (Wildman–Crippen MR) is 84.0 cm³/mol. The highest BCUT2D eigenvalue weighted by Gasteiger charge is 2.12. The van der Waals surface area contributed by atoms with E-state index < -0.39 is 0 Å². The van der Waals surface area contributed by atoms with Crippen molar-refractivity contribution in [3.05, 3.63) is 52.3 Å². The van der Waals surface area contributed by atoms with E-state index in [1.165, 1.54) is 0 Å². The molecule has 0 amide bonds. The minimum atomic E-state index is 0.104. The van der Waals surface area contributed by atoms with Gasteiger partial charge in [0.15, 0.2) is 5.78 Å². The first-order valence-corrected chi connectivity index (χ1v) is 7.76. The van der Waals surface area contributed by atoms with Gasteiger partial charge in [0.25, 0.3) is 0 Å². The quantitative estimate of drug-likeness (QED) is 0.732. The van der Waals surface area contributed by atoms with Crippen molar-refractivity contribution in [3.63, 3.8) is 0 Å². The maximum absolute atomic E-state index is 12.2. The predicted octanol–water partition coefficient (Wildman–Crippen LogP) is 4.43. The van der Waals surface area contributed by atoms with Crippen LogP contribution >= 0.6 is 15.9 Å². The Kier molecular flexibility index (Phi) is 5.12. The van der Waals surface area contributed by atoms with Crippen LogP contribution in [0.5, 0.6) is 0 Å². The molecule has 0 atom stereocenters. The number of benzene rings is 1. The number of rotatable bonds is 6.